The highest BCUT2D eigenvalue weighted by Gasteiger charge is 2.12. The third-order valence-corrected chi connectivity index (χ3v) is 4.15. The molecular formula is C16H17N3O2S. The van der Waals surface area contributed by atoms with Crippen molar-refractivity contribution < 1.29 is 9.26 Å². The summed E-state index contributed by atoms with van der Waals surface area (Å²) < 4.78 is 10.4. The van der Waals surface area contributed by atoms with Gasteiger partial charge in [-0.2, -0.15) is 4.98 Å². The highest BCUT2D eigenvalue weighted by molar-refractivity contribution is 7.10. The maximum atomic E-state index is 5.24. The van der Waals surface area contributed by atoms with Crippen molar-refractivity contribution in [2.75, 3.05) is 7.11 Å². The van der Waals surface area contributed by atoms with Crippen LogP contribution >= 0.6 is 11.3 Å². The largest absolute Gasteiger partial charge is 0.381 e. The molecular weight excluding hydrogens is 298 g/mol. The van der Waals surface area contributed by atoms with Crippen molar-refractivity contribution in [3.63, 3.8) is 0 Å². The SMILES string of the molecule is COC(C)Cc1nc(Cc2nc(-c3ccccc3)cs2)no1. The van der Waals surface area contributed by atoms with E-state index in [1.807, 2.05) is 25.1 Å². The van der Waals surface area contributed by atoms with Crippen molar-refractivity contribution in [1.29, 1.82) is 0 Å². The van der Waals surface area contributed by atoms with E-state index in [4.69, 9.17) is 9.26 Å². The molecule has 1 unspecified atom stereocenters. The molecule has 0 N–H and O–H groups in total. The molecule has 0 fully saturated rings. The van der Waals surface area contributed by atoms with Gasteiger partial charge in [-0.05, 0) is 6.92 Å². The molecule has 0 spiro atoms. The quantitative estimate of drug-likeness (QED) is 0.698. The summed E-state index contributed by atoms with van der Waals surface area (Å²) in [7, 11) is 1.67. The number of ether oxygens (including phenoxy) is 1. The van der Waals surface area contributed by atoms with E-state index < -0.39 is 0 Å². The van der Waals surface area contributed by atoms with Crippen LogP contribution in [-0.2, 0) is 17.6 Å². The zero-order valence-electron chi connectivity index (χ0n) is 12.5. The molecule has 0 aliphatic rings. The molecule has 6 heteroatoms. The van der Waals surface area contributed by atoms with Crippen LogP contribution in [0.1, 0.15) is 23.6 Å². The Hall–Kier alpha value is -2.05. The molecule has 22 heavy (non-hydrogen) atoms. The van der Waals surface area contributed by atoms with Gasteiger partial charge in [0.05, 0.1) is 24.6 Å². The second-order valence-electron chi connectivity index (χ2n) is 5.02. The summed E-state index contributed by atoms with van der Waals surface area (Å²) in [6, 6.07) is 10.1. The molecule has 0 aliphatic carbocycles. The van der Waals surface area contributed by atoms with E-state index in [0.717, 1.165) is 16.3 Å². The summed E-state index contributed by atoms with van der Waals surface area (Å²) >= 11 is 1.61. The molecule has 3 aromatic rings. The number of hydrogen-bond donors (Lipinski definition) is 0. The summed E-state index contributed by atoms with van der Waals surface area (Å²) in [4.78, 5) is 9.02. The van der Waals surface area contributed by atoms with Crippen molar-refractivity contribution in [3.05, 3.63) is 52.4 Å². The molecule has 0 amide bonds. The Labute approximate surface area is 133 Å². The molecule has 1 aromatic carbocycles. The van der Waals surface area contributed by atoms with Gasteiger partial charge in [0.2, 0.25) is 5.89 Å². The fourth-order valence-electron chi connectivity index (χ4n) is 2.04. The predicted octanol–water partition coefficient (Wildman–Crippen LogP) is 3.36. The third-order valence-electron chi connectivity index (χ3n) is 3.31. The number of aromatic nitrogens is 3. The lowest BCUT2D eigenvalue weighted by atomic mass is 10.2. The molecule has 0 radical (unpaired) electrons. The molecule has 114 valence electrons. The molecule has 0 aliphatic heterocycles. The molecule has 3 rings (SSSR count). The lowest BCUT2D eigenvalue weighted by Crippen LogP contribution is -2.08. The number of methoxy groups -OCH3 is 1. The fourth-order valence-corrected chi connectivity index (χ4v) is 2.84. The number of rotatable bonds is 6. The van der Waals surface area contributed by atoms with Crippen molar-refractivity contribution >= 4 is 11.3 Å². The van der Waals surface area contributed by atoms with E-state index in [1.54, 1.807) is 18.4 Å². The Morgan fingerprint density at radius 3 is 2.82 bits per heavy atom. The predicted molar refractivity (Wildman–Crippen MR) is 84.8 cm³/mol. The van der Waals surface area contributed by atoms with E-state index >= 15 is 0 Å². The fraction of sp³-hybridized carbons (Fsp3) is 0.312. The number of thiazole rings is 1. The van der Waals surface area contributed by atoms with Crippen LogP contribution in [0.15, 0.2) is 40.2 Å². The topological polar surface area (TPSA) is 61.0 Å². The Kier molecular flexibility index (Phi) is 4.60. The lowest BCUT2D eigenvalue weighted by molar-refractivity contribution is 0.110. The zero-order valence-corrected chi connectivity index (χ0v) is 13.3. The number of hydrogen-bond acceptors (Lipinski definition) is 6. The van der Waals surface area contributed by atoms with Crippen LogP contribution in [0.3, 0.4) is 0 Å². The molecule has 0 saturated carbocycles. The molecule has 0 bridgehead atoms. The van der Waals surface area contributed by atoms with Crippen LogP contribution in [0.2, 0.25) is 0 Å². The minimum absolute atomic E-state index is 0.0675. The first-order valence-corrected chi connectivity index (χ1v) is 7.96. The van der Waals surface area contributed by atoms with Gasteiger partial charge >= 0.3 is 0 Å². The highest BCUT2D eigenvalue weighted by atomic mass is 32.1. The van der Waals surface area contributed by atoms with E-state index in [-0.39, 0.29) is 6.10 Å². The van der Waals surface area contributed by atoms with Gasteiger partial charge in [0, 0.05) is 18.1 Å². The number of nitrogens with zero attached hydrogens (tertiary/aromatic N) is 3. The van der Waals surface area contributed by atoms with Gasteiger partial charge in [0.25, 0.3) is 0 Å². The molecule has 2 aromatic heterocycles. The Morgan fingerprint density at radius 2 is 2.05 bits per heavy atom. The van der Waals surface area contributed by atoms with Gasteiger partial charge in [0.15, 0.2) is 5.82 Å². The Bertz CT molecular complexity index is 724. The van der Waals surface area contributed by atoms with Crippen molar-refractivity contribution in [2.24, 2.45) is 0 Å². The van der Waals surface area contributed by atoms with Crippen LogP contribution in [0.5, 0.6) is 0 Å². The van der Waals surface area contributed by atoms with Crippen LogP contribution in [0.4, 0.5) is 0 Å². The van der Waals surface area contributed by atoms with E-state index in [9.17, 15) is 0 Å². The Morgan fingerprint density at radius 1 is 1.23 bits per heavy atom. The van der Waals surface area contributed by atoms with Crippen molar-refractivity contribution in [1.82, 2.24) is 15.1 Å². The third kappa shape index (κ3) is 3.58. The summed E-state index contributed by atoms with van der Waals surface area (Å²) in [6.45, 7) is 1.97. The van der Waals surface area contributed by atoms with Gasteiger partial charge in [-0.3, -0.25) is 0 Å². The van der Waals surface area contributed by atoms with E-state index in [1.165, 1.54) is 0 Å². The highest BCUT2D eigenvalue weighted by Crippen LogP contribution is 2.22. The van der Waals surface area contributed by atoms with Crippen molar-refractivity contribution in [3.8, 4) is 11.3 Å². The smallest absolute Gasteiger partial charge is 0.229 e. The standard InChI is InChI=1S/C16H17N3O2S/c1-11(20-2)8-15-18-14(19-21-15)9-16-17-13(10-22-16)12-6-4-3-5-7-12/h3-7,10-11H,8-9H2,1-2H3. The first kappa shape index (κ1) is 14.9. The van der Waals surface area contributed by atoms with Gasteiger partial charge in [-0.1, -0.05) is 35.5 Å². The average Bonchev–Trinajstić information content (AvgIpc) is 3.18. The first-order chi connectivity index (χ1) is 10.7. The van der Waals surface area contributed by atoms with Crippen LogP contribution in [-0.4, -0.2) is 28.3 Å². The normalized spacial score (nSPS) is 12.5. The van der Waals surface area contributed by atoms with Crippen LogP contribution < -0.4 is 0 Å². The first-order valence-electron chi connectivity index (χ1n) is 7.08. The number of benzene rings is 1. The molecule has 2 heterocycles. The van der Waals surface area contributed by atoms with E-state index in [0.29, 0.717) is 24.6 Å². The van der Waals surface area contributed by atoms with Crippen LogP contribution in [0.25, 0.3) is 11.3 Å². The summed E-state index contributed by atoms with van der Waals surface area (Å²) in [5, 5.41) is 7.04. The zero-order chi connectivity index (χ0) is 15.4. The second-order valence-corrected chi connectivity index (χ2v) is 5.97. The summed E-state index contributed by atoms with van der Waals surface area (Å²) in [6.07, 6.45) is 1.27. The second kappa shape index (κ2) is 6.81. The maximum absolute atomic E-state index is 5.24. The lowest BCUT2D eigenvalue weighted by Gasteiger charge is -2.03. The van der Waals surface area contributed by atoms with E-state index in [2.05, 4.69) is 32.6 Å². The minimum Gasteiger partial charge on any atom is -0.381 e. The molecule has 5 nitrogen and oxygen atoms in total. The van der Waals surface area contributed by atoms with Crippen LogP contribution in [0, 0.1) is 0 Å². The average molecular weight is 315 g/mol. The Balaban J connectivity index is 1.68. The molecule has 0 saturated heterocycles. The minimum atomic E-state index is 0.0675. The van der Waals surface area contributed by atoms with Gasteiger partial charge < -0.3 is 9.26 Å². The van der Waals surface area contributed by atoms with Gasteiger partial charge in [-0.15, -0.1) is 11.3 Å². The summed E-state index contributed by atoms with van der Waals surface area (Å²) in [5.41, 5.74) is 2.10. The van der Waals surface area contributed by atoms with Gasteiger partial charge in [-0.25, -0.2) is 4.98 Å². The monoisotopic (exact) mass is 315 g/mol. The van der Waals surface area contributed by atoms with Gasteiger partial charge in [0.1, 0.15) is 5.01 Å². The maximum Gasteiger partial charge on any atom is 0.229 e. The van der Waals surface area contributed by atoms with Crippen molar-refractivity contribution in [2.45, 2.75) is 25.9 Å². The summed E-state index contributed by atoms with van der Waals surface area (Å²) in [5.74, 6) is 1.26. The molecule has 1 atom stereocenters.